The van der Waals surface area contributed by atoms with E-state index in [0.717, 1.165) is 48.4 Å². The fraction of sp³-hybridized carbons (Fsp3) is 0.524. The van der Waals surface area contributed by atoms with Crippen molar-refractivity contribution in [2.75, 3.05) is 6.54 Å². The van der Waals surface area contributed by atoms with E-state index in [4.69, 9.17) is 14.0 Å². The Morgan fingerprint density at radius 3 is 2.62 bits per heavy atom. The number of carbonyl (C=O) groups excluding carboxylic acids is 1. The van der Waals surface area contributed by atoms with Gasteiger partial charge in [0.2, 0.25) is 5.76 Å². The van der Waals surface area contributed by atoms with E-state index in [1.807, 2.05) is 30.9 Å². The van der Waals surface area contributed by atoms with Crippen molar-refractivity contribution in [1.29, 1.82) is 0 Å². The molecule has 0 spiro atoms. The Morgan fingerprint density at radius 2 is 2.00 bits per heavy atom. The van der Waals surface area contributed by atoms with Crippen molar-refractivity contribution in [3.8, 4) is 11.3 Å². The molecule has 154 valence electrons. The summed E-state index contributed by atoms with van der Waals surface area (Å²) in [5.41, 5.74) is 3.61. The number of carbonyl (C=O) groups is 1. The lowest BCUT2D eigenvalue weighted by molar-refractivity contribution is 0.0913. The molecular formula is C21H27N5O3. The Bertz CT molecular complexity index is 1010. The van der Waals surface area contributed by atoms with Crippen LogP contribution in [0.15, 0.2) is 21.2 Å². The van der Waals surface area contributed by atoms with Gasteiger partial charge >= 0.3 is 0 Å². The van der Waals surface area contributed by atoms with E-state index < -0.39 is 0 Å². The summed E-state index contributed by atoms with van der Waals surface area (Å²) in [5.74, 6) is 2.27. The van der Waals surface area contributed by atoms with Crippen molar-refractivity contribution in [1.82, 2.24) is 25.2 Å². The highest BCUT2D eigenvalue weighted by molar-refractivity contribution is 5.92. The Labute approximate surface area is 169 Å². The molecule has 1 aliphatic carbocycles. The average Bonchev–Trinajstić information content (AvgIpc) is 3.38. The standard InChI is InChI=1S/C21H27N5O3/c1-12-9-18(29-25-12)17-11-26(4)24-19(17)16-7-5-15(6-8-16)10-22-21(27)20-13(2)23-14(3)28-20/h9,11,15-16H,5-8,10H2,1-4H3,(H,22,27). The van der Waals surface area contributed by atoms with Crippen LogP contribution in [0.5, 0.6) is 0 Å². The van der Waals surface area contributed by atoms with Crippen LogP contribution in [0.1, 0.15) is 65.1 Å². The number of hydrogen-bond acceptors (Lipinski definition) is 6. The molecule has 3 heterocycles. The topological polar surface area (TPSA) is 99.0 Å². The van der Waals surface area contributed by atoms with Crippen LogP contribution in [0.25, 0.3) is 11.3 Å². The van der Waals surface area contributed by atoms with Crippen LogP contribution in [-0.2, 0) is 7.05 Å². The maximum Gasteiger partial charge on any atom is 0.289 e. The molecule has 1 saturated carbocycles. The number of aromatic nitrogens is 4. The molecule has 4 rings (SSSR count). The SMILES string of the molecule is Cc1cc(-c2cn(C)nc2C2CCC(CNC(=O)c3oc(C)nc3C)CC2)on1. The van der Waals surface area contributed by atoms with E-state index >= 15 is 0 Å². The first-order chi connectivity index (χ1) is 13.9. The third-order valence-corrected chi connectivity index (χ3v) is 5.65. The zero-order chi connectivity index (χ0) is 20.5. The molecule has 8 heteroatoms. The number of hydrogen-bond donors (Lipinski definition) is 1. The molecule has 0 aromatic carbocycles. The molecule has 0 atom stereocenters. The molecule has 29 heavy (non-hydrogen) atoms. The van der Waals surface area contributed by atoms with Crippen LogP contribution in [0, 0.1) is 26.7 Å². The van der Waals surface area contributed by atoms with Crippen molar-refractivity contribution >= 4 is 5.91 Å². The Kier molecular flexibility index (Phi) is 5.25. The van der Waals surface area contributed by atoms with E-state index in [2.05, 4.69) is 15.5 Å². The van der Waals surface area contributed by atoms with Gasteiger partial charge in [-0.05, 0) is 45.4 Å². The zero-order valence-corrected chi connectivity index (χ0v) is 17.4. The van der Waals surface area contributed by atoms with Gasteiger partial charge < -0.3 is 14.3 Å². The maximum absolute atomic E-state index is 12.3. The summed E-state index contributed by atoms with van der Waals surface area (Å²) in [6.07, 6.45) is 6.18. The number of nitrogens with one attached hydrogen (secondary N) is 1. The summed E-state index contributed by atoms with van der Waals surface area (Å²) >= 11 is 0. The van der Waals surface area contributed by atoms with Crippen molar-refractivity contribution < 1.29 is 13.7 Å². The second kappa shape index (κ2) is 7.85. The summed E-state index contributed by atoms with van der Waals surface area (Å²) in [6, 6.07) is 1.95. The van der Waals surface area contributed by atoms with Crippen molar-refractivity contribution in [3.63, 3.8) is 0 Å². The molecule has 0 bridgehead atoms. The number of aryl methyl sites for hydroxylation is 4. The fourth-order valence-corrected chi connectivity index (χ4v) is 4.19. The molecule has 3 aromatic rings. The quantitative estimate of drug-likeness (QED) is 0.705. The monoisotopic (exact) mass is 397 g/mol. The second-order valence-electron chi connectivity index (χ2n) is 8.01. The predicted octanol–water partition coefficient (Wildman–Crippen LogP) is 3.69. The normalized spacial score (nSPS) is 19.4. The molecule has 1 N–H and O–H groups in total. The highest BCUT2D eigenvalue weighted by atomic mass is 16.5. The van der Waals surface area contributed by atoms with Gasteiger partial charge in [-0.25, -0.2) is 4.98 Å². The summed E-state index contributed by atoms with van der Waals surface area (Å²) in [4.78, 5) is 16.5. The molecule has 8 nitrogen and oxygen atoms in total. The second-order valence-corrected chi connectivity index (χ2v) is 8.01. The van der Waals surface area contributed by atoms with E-state index in [9.17, 15) is 4.79 Å². The van der Waals surface area contributed by atoms with Crippen LogP contribution in [0.4, 0.5) is 0 Å². The van der Waals surface area contributed by atoms with Crippen LogP contribution in [0.2, 0.25) is 0 Å². The zero-order valence-electron chi connectivity index (χ0n) is 17.4. The van der Waals surface area contributed by atoms with Crippen LogP contribution in [0.3, 0.4) is 0 Å². The first-order valence-electron chi connectivity index (χ1n) is 10.1. The molecular weight excluding hydrogens is 370 g/mol. The third kappa shape index (κ3) is 4.11. The first-order valence-corrected chi connectivity index (χ1v) is 10.1. The van der Waals surface area contributed by atoms with Crippen molar-refractivity contribution in [3.05, 3.63) is 41.0 Å². The summed E-state index contributed by atoms with van der Waals surface area (Å²) in [5, 5.41) is 11.7. The molecule has 1 amide bonds. The number of rotatable bonds is 5. The molecule has 0 saturated heterocycles. The number of nitrogens with zero attached hydrogens (tertiary/aromatic N) is 4. The van der Waals surface area contributed by atoms with Gasteiger partial charge in [0.05, 0.1) is 22.6 Å². The number of oxazole rings is 1. The van der Waals surface area contributed by atoms with E-state index in [1.54, 1.807) is 13.8 Å². The molecule has 1 aliphatic rings. The fourth-order valence-electron chi connectivity index (χ4n) is 4.19. The molecule has 0 radical (unpaired) electrons. The van der Waals surface area contributed by atoms with Gasteiger partial charge in [-0.3, -0.25) is 9.48 Å². The maximum atomic E-state index is 12.3. The largest absolute Gasteiger partial charge is 0.436 e. The predicted molar refractivity (Wildman–Crippen MR) is 106 cm³/mol. The van der Waals surface area contributed by atoms with E-state index in [1.165, 1.54) is 0 Å². The molecule has 0 aliphatic heterocycles. The van der Waals surface area contributed by atoms with Crippen LogP contribution in [-0.4, -0.2) is 32.4 Å². The first kappa shape index (κ1) is 19.4. The highest BCUT2D eigenvalue weighted by Gasteiger charge is 2.28. The summed E-state index contributed by atoms with van der Waals surface area (Å²) in [6.45, 7) is 6.11. The van der Waals surface area contributed by atoms with Crippen LogP contribution < -0.4 is 5.32 Å². The van der Waals surface area contributed by atoms with Gasteiger partial charge in [0, 0.05) is 38.7 Å². The highest BCUT2D eigenvalue weighted by Crippen LogP contribution is 2.39. The third-order valence-electron chi connectivity index (χ3n) is 5.65. The number of amides is 1. The smallest absolute Gasteiger partial charge is 0.289 e. The molecule has 1 fully saturated rings. The lowest BCUT2D eigenvalue weighted by atomic mass is 9.79. The Balaban J connectivity index is 1.35. The van der Waals surface area contributed by atoms with Gasteiger partial charge in [0.15, 0.2) is 11.7 Å². The summed E-state index contributed by atoms with van der Waals surface area (Å²) < 4.78 is 12.7. The van der Waals surface area contributed by atoms with Gasteiger partial charge in [-0.15, -0.1) is 0 Å². The van der Waals surface area contributed by atoms with Gasteiger partial charge in [0.25, 0.3) is 5.91 Å². The lowest BCUT2D eigenvalue weighted by Crippen LogP contribution is -2.31. The summed E-state index contributed by atoms with van der Waals surface area (Å²) in [7, 11) is 1.94. The van der Waals surface area contributed by atoms with Gasteiger partial charge in [-0.1, -0.05) is 5.16 Å². The van der Waals surface area contributed by atoms with Crippen molar-refractivity contribution in [2.45, 2.75) is 52.4 Å². The Morgan fingerprint density at radius 1 is 1.24 bits per heavy atom. The average molecular weight is 397 g/mol. The molecule has 0 unspecified atom stereocenters. The van der Waals surface area contributed by atoms with Gasteiger partial charge in [-0.2, -0.15) is 5.10 Å². The molecule has 3 aromatic heterocycles. The minimum atomic E-state index is -0.182. The van der Waals surface area contributed by atoms with Crippen molar-refractivity contribution in [2.24, 2.45) is 13.0 Å². The van der Waals surface area contributed by atoms with E-state index in [0.29, 0.717) is 35.7 Å². The van der Waals surface area contributed by atoms with E-state index in [-0.39, 0.29) is 5.91 Å². The van der Waals surface area contributed by atoms with Crippen LogP contribution >= 0.6 is 0 Å². The Hall–Kier alpha value is -2.90. The lowest BCUT2D eigenvalue weighted by Gasteiger charge is -2.28. The minimum Gasteiger partial charge on any atom is -0.436 e. The minimum absolute atomic E-state index is 0.182. The van der Waals surface area contributed by atoms with Gasteiger partial charge in [0.1, 0.15) is 0 Å².